The lowest BCUT2D eigenvalue weighted by atomic mass is 9.98. The average Bonchev–Trinajstić information content (AvgIpc) is 2.69. The fourth-order valence-electron chi connectivity index (χ4n) is 2.99. The quantitative estimate of drug-likeness (QED) is 0.615. The number of nitrogens with zero attached hydrogens (tertiary/aromatic N) is 1. The van der Waals surface area contributed by atoms with E-state index in [9.17, 15) is 30.8 Å². The predicted octanol–water partition coefficient (Wildman–Crippen LogP) is 3.28. The first-order valence-electron chi connectivity index (χ1n) is 8.40. The number of nitrogens with one attached hydrogen (secondary N) is 1. The second kappa shape index (κ2) is 7.88. The van der Waals surface area contributed by atoms with Crippen LogP contribution in [0.25, 0.3) is 0 Å². The average molecular weight is 416 g/mol. The van der Waals surface area contributed by atoms with Gasteiger partial charge in [0.25, 0.3) is 0 Å². The maximum absolute atomic E-state index is 13.7. The molecule has 1 N–H and O–H groups in total. The summed E-state index contributed by atoms with van der Waals surface area (Å²) in [6, 6.07) is 5.87. The molecular weight excluding hydrogens is 400 g/mol. The molecule has 150 valence electrons. The molecule has 1 fully saturated rings. The van der Waals surface area contributed by atoms with Crippen LogP contribution in [0.4, 0.5) is 23.2 Å². The number of sulfonamides is 1. The van der Waals surface area contributed by atoms with E-state index in [2.05, 4.69) is 5.32 Å². The molecule has 0 radical (unpaired) electrons. The first kappa shape index (κ1) is 20.3. The molecule has 0 spiro atoms. The van der Waals surface area contributed by atoms with Gasteiger partial charge >= 0.3 is 0 Å². The summed E-state index contributed by atoms with van der Waals surface area (Å²) in [4.78, 5) is 12.3. The molecule has 0 aliphatic carbocycles. The van der Waals surface area contributed by atoms with Crippen molar-refractivity contribution >= 4 is 21.6 Å². The summed E-state index contributed by atoms with van der Waals surface area (Å²) in [5.41, 5.74) is -0.526. The molecule has 1 saturated heterocycles. The van der Waals surface area contributed by atoms with Crippen LogP contribution in [0.5, 0.6) is 0 Å². The highest BCUT2D eigenvalue weighted by atomic mass is 32.2. The van der Waals surface area contributed by atoms with E-state index in [4.69, 9.17) is 0 Å². The van der Waals surface area contributed by atoms with Crippen LogP contribution in [0, 0.1) is 29.2 Å². The minimum absolute atomic E-state index is 0.110. The molecule has 10 heteroatoms. The van der Waals surface area contributed by atoms with Crippen LogP contribution >= 0.6 is 0 Å². The van der Waals surface area contributed by atoms with E-state index >= 15 is 0 Å². The molecule has 1 aliphatic heterocycles. The Labute approximate surface area is 159 Å². The second-order valence-corrected chi connectivity index (χ2v) is 8.31. The van der Waals surface area contributed by atoms with Gasteiger partial charge in [0.1, 0.15) is 5.82 Å². The van der Waals surface area contributed by atoms with E-state index in [0.29, 0.717) is 18.9 Å². The number of piperidine rings is 1. The number of carbonyl (C=O) groups is 1. The van der Waals surface area contributed by atoms with Gasteiger partial charge in [0.05, 0.1) is 16.5 Å². The maximum Gasteiger partial charge on any atom is 0.243 e. The fourth-order valence-corrected chi connectivity index (χ4v) is 4.51. The third-order valence-corrected chi connectivity index (χ3v) is 6.38. The van der Waals surface area contributed by atoms with Crippen LogP contribution in [-0.2, 0) is 14.8 Å². The standard InChI is InChI=1S/C18H16F4N2O3S/c19-12-3-5-13(6-4-12)28(26,27)24-9-1-2-11(10-24)18(25)23-15-8-7-14(20)16(21)17(15)22/h3-8,11H,1-2,9-10H2,(H,23,25). The zero-order chi connectivity index (χ0) is 20.5. The highest BCUT2D eigenvalue weighted by molar-refractivity contribution is 7.89. The van der Waals surface area contributed by atoms with E-state index in [1.165, 1.54) is 0 Å². The highest BCUT2D eigenvalue weighted by Gasteiger charge is 2.33. The van der Waals surface area contributed by atoms with Gasteiger partial charge in [-0.15, -0.1) is 0 Å². The second-order valence-electron chi connectivity index (χ2n) is 6.37. The van der Waals surface area contributed by atoms with E-state index < -0.39 is 50.8 Å². The molecule has 0 aromatic heterocycles. The Balaban J connectivity index is 1.75. The van der Waals surface area contributed by atoms with Gasteiger partial charge in [-0.25, -0.2) is 26.0 Å². The summed E-state index contributed by atoms with van der Waals surface area (Å²) in [6.07, 6.45) is 0.714. The lowest BCUT2D eigenvalue weighted by molar-refractivity contribution is -0.120. The van der Waals surface area contributed by atoms with Crippen molar-refractivity contribution in [1.29, 1.82) is 0 Å². The summed E-state index contributed by atoms with van der Waals surface area (Å²) in [6.45, 7) is -0.000133. The SMILES string of the molecule is O=C(Nc1ccc(F)c(F)c1F)C1CCCN(S(=O)(=O)c2ccc(F)cc2)C1. The monoisotopic (exact) mass is 416 g/mol. The molecule has 5 nitrogen and oxygen atoms in total. The Morgan fingerprint density at radius 3 is 2.36 bits per heavy atom. The fraction of sp³-hybridized carbons (Fsp3) is 0.278. The van der Waals surface area contributed by atoms with Gasteiger partial charge in [-0.2, -0.15) is 4.31 Å². The van der Waals surface area contributed by atoms with Crippen LogP contribution in [0.15, 0.2) is 41.3 Å². The van der Waals surface area contributed by atoms with E-state index in [0.717, 1.165) is 34.6 Å². The van der Waals surface area contributed by atoms with Gasteiger partial charge in [-0.1, -0.05) is 0 Å². The van der Waals surface area contributed by atoms with Crippen molar-refractivity contribution in [3.63, 3.8) is 0 Å². The zero-order valence-corrected chi connectivity index (χ0v) is 15.3. The molecule has 1 aliphatic rings. The van der Waals surface area contributed by atoms with Gasteiger partial charge in [0.15, 0.2) is 17.5 Å². The van der Waals surface area contributed by atoms with Crippen LogP contribution in [0.3, 0.4) is 0 Å². The smallest absolute Gasteiger partial charge is 0.243 e. The van der Waals surface area contributed by atoms with Gasteiger partial charge in [0, 0.05) is 13.1 Å². The molecule has 1 atom stereocenters. The Morgan fingerprint density at radius 2 is 1.68 bits per heavy atom. The molecule has 2 aromatic carbocycles. The van der Waals surface area contributed by atoms with Crippen LogP contribution in [0.2, 0.25) is 0 Å². The number of hydrogen-bond donors (Lipinski definition) is 1. The van der Waals surface area contributed by atoms with E-state index in [1.807, 2.05) is 0 Å². The van der Waals surface area contributed by atoms with Crippen molar-refractivity contribution in [2.45, 2.75) is 17.7 Å². The minimum atomic E-state index is -3.94. The van der Waals surface area contributed by atoms with Crippen molar-refractivity contribution < 1.29 is 30.8 Å². The summed E-state index contributed by atoms with van der Waals surface area (Å²) in [5.74, 6) is -6.71. The van der Waals surface area contributed by atoms with Crippen molar-refractivity contribution in [3.05, 3.63) is 59.7 Å². The van der Waals surface area contributed by atoms with Crippen molar-refractivity contribution in [2.75, 3.05) is 18.4 Å². The Hall–Kier alpha value is -2.46. The summed E-state index contributed by atoms with van der Waals surface area (Å²) in [7, 11) is -3.94. The molecule has 1 unspecified atom stereocenters. The molecule has 0 bridgehead atoms. The van der Waals surface area contributed by atoms with Gasteiger partial charge in [-0.05, 0) is 49.2 Å². The zero-order valence-electron chi connectivity index (χ0n) is 14.5. The Kier molecular flexibility index (Phi) is 5.71. The highest BCUT2D eigenvalue weighted by Crippen LogP contribution is 2.26. The van der Waals surface area contributed by atoms with E-state index in [-0.39, 0.29) is 18.0 Å². The van der Waals surface area contributed by atoms with Crippen LogP contribution < -0.4 is 5.32 Å². The topological polar surface area (TPSA) is 66.5 Å². The molecular formula is C18H16F4N2O3S. The molecule has 3 rings (SSSR count). The Morgan fingerprint density at radius 1 is 1.00 bits per heavy atom. The van der Waals surface area contributed by atoms with E-state index in [1.54, 1.807) is 0 Å². The van der Waals surface area contributed by atoms with Crippen molar-refractivity contribution in [1.82, 2.24) is 4.31 Å². The first-order valence-corrected chi connectivity index (χ1v) is 9.84. The molecule has 1 heterocycles. The van der Waals surface area contributed by atoms with Crippen molar-refractivity contribution in [2.24, 2.45) is 5.92 Å². The number of benzene rings is 2. The molecule has 2 aromatic rings. The van der Waals surface area contributed by atoms with Crippen LogP contribution in [0.1, 0.15) is 12.8 Å². The first-order chi connectivity index (χ1) is 13.2. The van der Waals surface area contributed by atoms with Gasteiger partial charge < -0.3 is 5.32 Å². The number of anilines is 1. The normalized spacial score (nSPS) is 18.1. The number of hydrogen-bond acceptors (Lipinski definition) is 3. The minimum Gasteiger partial charge on any atom is -0.323 e. The summed E-state index contributed by atoms with van der Waals surface area (Å²) in [5, 5.41) is 2.18. The predicted molar refractivity (Wildman–Crippen MR) is 92.8 cm³/mol. The number of halogens is 4. The number of rotatable bonds is 4. The maximum atomic E-state index is 13.7. The number of carbonyl (C=O) groups excluding carboxylic acids is 1. The van der Waals surface area contributed by atoms with Gasteiger partial charge in [0.2, 0.25) is 15.9 Å². The summed E-state index contributed by atoms with van der Waals surface area (Å²) < 4.78 is 79.5. The van der Waals surface area contributed by atoms with Crippen molar-refractivity contribution in [3.8, 4) is 0 Å². The summed E-state index contributed by atoms with van der Waals surface area (Å²) >= 11 is 0. The van der Waals surface area contributed by atoms with Crippen LogP contribution in [-0.4, -0.2) is 31.7 Å². The lowest BCUT2D eigenvalue weighted by Gasteiger charge is -2.31. The number of amides is 1. The van der Waals surface area contributed by atoms with Gasteiger partial charge in [-0.3, -0.25) is 4.79 Å². The molecule has 0 saturated carbocycles. The third-order valence-electron chi connectivity index (χ3n) is 4.50. The lowest BCUT2D eigenvalue weighted by Crippen LogP contribution is -2.43. The largest absolute Gasteiger partial charge is 0.323 e. The third kappa shape index (κ3) is 4.02. The molecule has 1 amide bonds. The molecule has 28 heavy (non-hydrogen) atoms. The Bertz CT molecular complexity index is 997.